The van der Waals surface area contributed by atoms with Gasteiger partial charge in [0, 0.05) is 17.3 Å². The molecule has 0 heterocycles. The minimum absolute atomic E-state index is 0.115. The molecule has 0 aliphatic heterocycles. The molecule has 1 amide bonds. The number of hydrogen-bond donors (Lipinski definition) is 2. The lowest BCUT2D eigenvalue weighted by Gasteiger charge is -2.08. The molecule has 0 spiro atoms. The summed E-state index contributed by atoms with van der Waals surface area (Å²) in [4.78, 5) is 11.7. The summed E-state index contributed by atoms with van der Waals surface area (Å²) >= 11 is 17.5. The van der Waals surface area contributed by atoms with E-state index in [1.54, 1.807) is 30.3 Å². The Kier molecular flexibility index (Phi) is 5.74. The van der Waals surface area contributed by atoms with Gasteiger partial charge in [0.1, 0.15) is 0 Å². The quantitative estimate of drug-likeness (QED) is 0.846. The van der Waals surface area contributed by atoms with Crippen LogP contribution in [0, 0.1) is 0 Å². The second-order valence-electron chi connectivity index (χ2n) is 4.39. The Bertz CT molecular complexity index is 629. The highest BCUT2D eigenvalue weighted by atomic mass is 35.5. The summed E-state index contributed by atoms with van der Waals surface area (Å²) in [5.74, 6) is -0.115. The van der Waals surface area contributed by atoms with Crippen LogP contribution in [0.2, 0.25) is 15.1 Å². The first-order valence-electron chi connectivity index (χ1n) is 6.24. The first kappa shape index (κ1) is 16.0. The molecule has 2 N–H and O–H groups in total. The van der Waals surface area contributed by atoms with Gasteiger partial charge in [-0.15, -0.1) is 0 Å². The number of rotatable bonds is 5. The Labute approximate surface area is 138 Å². The minimum Gasteiger partial charge on any atom is -0.376 e. The molecule has 2 aromatic carbocycles. The van der Waals surface area contributed by atoms with Gasteiger partial charge in [-0.3, -0.25) is 4.79 Å². The van der Waals surface area contributed by atoms with Crippen molar-refractivity contribution in [1.29, 1.82) is 0 Å². The van der Waals surface area contributed by atoms with Crippen molar-refractivity contribution >= 4 is 46.4 Å². The van der Waals surface area contributed by atoms with E-state index in [-0.39, 0.29) is 12.5 Å². The zero-order valence-electron chi connectivity index (χ0n) is 11.0. The number of anilines is 1. The third-order valence-electron chi connectivity index (χ3n) is 2.78. The molecular weight excluding hydrogens is 331 g/mol. The zero-order valence-corrected chi connectivity index (χ0v) is 13.3. The molecule has 3 nitrogen and oxygen atoms in total. The third-order valence-corrected chi connectivity index (χ3v) is 3.77. The van der Waals surface area contributed by atoms with Crippen LogP contribution in [-0.4, -0.2) is 12.5 Å². The third kappa shape index (κ3) is 5.12. The number of carbonyl (C=O) groups is 1. The van der Waals surface area contributed by atoms with Crippen LogP contribution in [-0.2, 0) is 11.3 Å². The molecule has 21 heavy (non-hydrogen) atoms. The van der Waals surface area contributed by atoms with E-state index < -0.39 is 0 Å². The van der Waals surface area contributed by atoms with Crippen LogP contribution < -0.4 is 10.6 Å². The van der Waals surface area contributed by atoms with Crippen LogP contribution >= 0.6 is 34.8 Å². The maximum atomic E-state index is 11.7. The van der Waals surface area contributed by atoms with Gasteiger partial charge in [-0.1, -0.05) is 46.9 Å². The molecular formula is C15H13Cl3N2O. The summed E-state index contributed by atoms with van der Waals surface area (Å²) in [6.45, 7) is 0.616. The van der Waals surface area contributed by atoms with Gasteiger partial charge in [0.15, 0.2) is 0 Å². The van der Waals surface area contributed by atoms with Crippen LogP contribution in [0.5, 0.6) is 0 Å². The van der Waals surface area contributed by atoms with E-state index >= 15 is 0 Å². The summed E-state index contributed by atoms with van der Waals surface area (Å²) in [6.07, 6.45) is 0. The molecule has 0 bridgehead atoms. The number of benzene rings is 2. The highest BCUT2D eigenvalue weighted by Gasteiger charge is 2.03. The van der Waals surface area contributed by atoms with Crippen molar-refractivity contribution in [2.75, 3.05) is 11.9 Å². The van der Waals surface area contributed by atoms with Gasteiger partial charge in [-0.25, -0.2) is 0 Å². The Morgan fingerprint density at radius 2 is 1.67 bits per heavy atom. The summed E-state index contributed by atoms with van der Waals surface area (Å²) in [7, 11) is 0. The maximum Gasteiger partial charge on any atom is 0.239 e. The van der Waals surface area contributed by atoms with Crippen molar-refractivity contribution in [2.24, 2.45) is 0 Å². The minimum atomic E-state index is -0.115. The monoisotopic (exact) mass is 342 g/mol. The molecule has 0 aliphatic rings. The van der Waals surface area contributed by atoms with E-state index in [0.29, 0.717) is 21.6 Å². The lowest BCUT2D eigenvalue weighted by Crippen LogP contribution is -2.29. The Hall–Kier alpha value is -1.42. The molecule has 0 aliphatic carbocycles. The summed E-state index contributed by atoms with van der Waals surface area (Å²) < 4.78 is 0. The zero-order chi connectivity index (χ0) is 15.2. The summed E-state index contributed by atoms with van der Waals surface area (Å²) in [5, 5.41) is 7.39. The van der Waals surface area contributed by atoms with Gasteiger partial charge in [0.05, 0.1) is 16.6 Å². The first-order valence-corrected chi connectivity index (χ1v) is 7.38. The first-order chi connectivity index (χ1) is 10.0. The molecule has 0 atom stereocenters. The molecule has 0 unspecified atom stereocenters. The smallest absolute Gasteiger partial charge is 0.239 e. The van der Waals surface area contributed by atoms with Gasteiger partial charge < -0.3 is 10.6 Å². The molecule has 0 saturated heterocycles. The molecule has 0 saturated carbocycles. The highest BCUT2D eigenvalue weighted by Crippen LogP contribution is 2.24. The number of amides is 1. The van der Waals surface area contributed by atoms with Crippen molar-refractivity contribution in [1.82, 2.24) is 5.32 Å². The number of nitrogens with one attached hydrogen (secondary N) is 2. The van der Waals surface area contributed by atoms with Gasteiger partial charge in [-0.05, 0) is 35.9 Å². The van der Waals surface area contributed by atoms with Gasteiger partial charge >= 0.3 is 0 Å². The maximum absolute atomic E-state index is 11.7. The van der Waals surface area contributed by atoms with Crippen molar-refractivity contribution in [2.45, 2.75) is 6.54 Å². The van der Waals surface area contributed by atoms with Gasteiger partial charge in [0.2, 0.25) is 5.91 Å². The summed E-state index contributed by atoms with van der Waals surface area (Å²) in [6, 6.07) is 12.4. The highest BCUT2D eigenvalue weighted by molar-refractivity contribution is 6.42. The molecule has 110 valence electrons. The molecule has 2 aromatic rings. The number of carbonyl (C=O) groups excluding carboxylic acids is 1. The fourth-order valence-corrected chi connectivity index (χ4v) is 2.08. The second kappa shape index (κ2) is 7.55. The van der Waals surface area contributed by atoms with E-state index in [4.69, 9.17) is 34.8 Å². The van der Waals surface area contributed by atoms with E-state index in [0.717, 1.165) is 11.3 Å². The Balaban J connectivity index is 1.79. The fraction of sp³-hybridized carbons (Fsp3) is 0.133. The van der Waals surface area contributed by atoms with Crippen LogP contribution in [0.3, 0.4) is 0 Å². The van der Waals surface area contributed by atoms with Crippen molar-refractivity contribution in [3.05, 3.63) is 63.1 Å². The van der Waals surface area contributed by atoms with Crippen molar-refractivity contribution in [3.63, 3.8) is 0 Å². The predicted octanol–water partition coefficient (Wildman–Crippen LogP) is 4.38. The normalized spacial score (nSPS) is 10.2. The van der Waals surface area contributed by atoms with Crippen LogP contribution in [0.4, 0.5) is 5.69 Å². The second-order valence-corrected chi connectivity index (χ2v) is 5.64. The number of halogens is 3. The average Bonchev–Trinajstić information content (AvgIpc) is 2.48. The molecule has 0 aromatic heterocycles. The van der Waals surface area contributed by atoms with Crippen LogP contribution in [0.1, 0.15) is 5.56 Å². The van der Waals surface area contributed by atoms with E-state index in [1.807, 2.05) is 12.1 Å². The molecule has 0 radical (unpaired) electrons. The predicted molar refractivity (Wildman–Crippen MR) is 88.3 cm³/mol. The number of hydrogen-bond acceptors (Lipinski definition) is 2. The molecule has 0 fully saturated rings. The largest absolute Gasteiger partial charge is 0.376 e. The van der Waals surface area contributed by atoms with Crippen LogP contribution in [0.15, 0.2) is 42.5 Å². The van der Waals surface area contributed by atoms with Gasteiger partial charge in [-0.2, -0.15) is 0 Å². The van der Waals surface area contributed by atoms with E-state index in [1.165, 1.54) is 0 Å². The van der Waals surface area contributed by atoms with Crippen molar-refractivity contribution in [3.8, 4) is 0 Å². The standard InChI is InChI=1S/C15H13Cl3N2O/c16-11-3-1-10(2-4-11)8-20-15(21)9-19-12-5-6-13(17)14(18)7-12/h1-7,19H,8-9H2,(H,20,21). The van der Waals surface area contributed by atoms with Crippen LogP contribution in [0.25, 0.3) is 0 Å². The Morgan fingerprint density at radius 1 is 0.952 bits per heavy atom. The lowest BCUT2D eigenvalue weighted by molar-refractivity contribution is -0.119. The fourth-order valence-electron chi connectivity index (χ4n) is 1.65. The molecule has 6 heteroatoms. The van der Waals surface area contributed by atoms with Gasteiger partial charge in [0.25, 0.3) is 0 Å². The topological polar surface area (TPSA) is 41.1 Å². The van der Waals surface area contributed by atoms with Crippen molar-refractivity contribution < 1.29 is 4.79 Å². The SMILES string of the molecule is O=C(CNc1ccc(Cl)c(Cl)c1)NCc1ccc(Cl)cc1. The Morgan fingerprint density at radius 3 is 2.33 bits per heavy atom. The molecule has 2 rings (SSSR count). The lowest BCUT2D eigenvalue weighted by atomic mass is 10.2. The van der Waals surface area contributed by atoms with E-state index in [9.17, 15) is 4.79 Å². The average molecular weight is 344 g/mol. The summed E-state index contributed by atoms with van der Waals surface area (Å²) in [5.41, 5.74) is 1.73. The van der Waals surface area contributed by atoms with E-state index in [2.05, 4.69) is 10.6 Å².